The smallest absolute Gasteiger partial charge is 0.313 e. The highest BCUT2D eigenvalue weighted by molar-refractivity contribution is 7.89. The summed E-state index contributed by atoms with van der Waals surface area (Å²) in [5, 5.41) is 17.7. The van der Waals surface area contributed by atoms with Crippen LogP contribution in [0.25, 0.3) is 0 Å². The molecule has 0 atom stereocenters. The second kappa shape index (κ2) is 7.42. The molecule has 9 nitrogen and oxygen atoms in total. The molecule has 1 aliphatic rings. The maximum absolute atomic E-state index is 11.8. The molecule has 0 saturated heterocycles. The molecule has 0 bridgehead atoms. The number of rotatable bonds is 7. The van der Waals surface area contributed by atoms with Gasteiger partial charge in [-0.3, -0.25) is 9.59 Å². The van der Waals surface area contributed by atoms with E-state index < -0.39 is 27.5 Å². The Morgan fingerprint density at radius 2 is 1.80 bits per heavy atom. The van der Waals surface area contributed by atoms with Gasteiger partial charge in [-0.25, -0.2) is 13.6 Å². The highest BCUT2D eigenvalue weighted by Gasteiger charge is 2.38. The third-order valence-corrected chi connectivity index (χ3v) is 4.44. The number of primary sulfonamides is 1. The number of amides is 2. The molecular weight excluding hydrogens is 346 g/mol. The van der Waals surface area contributed by atoms with Gasteiger partial charge >= 0.3 is 11.8 Å². The van der Waals surface area contributed by atoms with Crippen molar-refractivity contribution in [3.8, 4) is 12.3 Å². The van der Waals surface area contributed by atoms with Crippen LogP contribution in [-0.2, 0) is 19.6 Å². The molecule has 10 heteroatoms. The number of benzene rings is 1. The number of nitrogens with two attached hydrogens (primary N) is 1. The number of terminal acetylenes is 1. The van der Waals surface area contributed by atoms with Gasteiger partial charge in [0.1, 0.15) is 0 Å². The molecule has 1 aromatic carbocycles. The largest absolute Gasteiger partial charge is 0.348 e. The van der Waals surface area contributed by atoms with Gasteiger partial charge in [0, 0.05) is 31.5 Å². The van der Waals surface area contributed by atoms with Crippen molar-refractivity contribution in [2.45, 2.75) is 29.8 Å². The standard InChI is InChI=1S/C15H17N5O4S/c1-2-3-8-15(19-20-15)9-10-17-13(21)14(22)18-11-4-6-12(7-5-11)25(16,23)24/h1,4-7H,3,8-10H2,(H,17,21)(H,18,22)(H2,16,23,24). The molecule has 1 aromatic rings. The Morgan fingerprint density at radius 3 is 2.32 bits per heavy atom. The van der Waals surface area contributed by atoms with Crippen LogP contribution < -0.4 is 15.8 Å². The van der Waals surface area contributed by atoms with Gasteiger partial charge in [0.05, 0.1) is 4.90 Å². The Morgan fingerprint density at radius 1 is 1.16 bits per heavy atom. The van der Waals surface area contributed by atoms with E-state index in [1.807, 2.05) is 0 Å². The van der Waals surface area contributed by atoms with Crippen molar-refractivity contribution in [2.75, 3.05) is 11.9 Å². The summed E-state index contributed by atoms with van der Waals surface area (Å²) in [6.45, 7) is 0.230. The van der Waals surface area contributed by atoms with Gasteiger partial charge in [0.25, 0.3) is 0 Å². The third kappa shape index (κ3) is 5.37. The highest BCUT2D eigenvalue weighted by atomic mass is 32.2. The lowest BCUT2D eigenvalue weighted by atomic mass is 10.0. The maximum Gasteiger partial charge on any atom is 0.313 e. The normalized spacial score (nSPS) is 14.4. The topological polar surface area (TPSA) is 143 Å². The van der Waals surface area contributed by atoms with Crippen LogP contribution in [0.1, 0.15) is 19.3 Å². The Labute approximate surface area is 145 Å². The van der Waals surface area contributed by atoms with E-state index in [0.717, 1.165) is 0 Å². The van der Waals surface area contributed by atoms with Crippen molar-refractivity contribution in [3.63, 3.8) is 0 Å². The molecule has 0 saturated carbocycles. The molecule has 2 rings (SSSR count). The van der Waals surface area contributed by atoms with Crippen molar-refractivity contribution in [1.82, 2.24) is 5.32 Å². The highest BCUT2D eigenvalue weighted by Crippen LogP contribution is 2.35. The van der Waals surface area contributed by atoms with Crippen molar-refractivity contribution in [1.29, 1.82) is 0 Å². The maximum atomic E-state index is 11.8. The summed E-state index contributed by atoms with van der Waals surface area (Å²) in [4.78, 5) is 23.5. The molecular formula is C15H17N5O4S. The first-order chi connectivity index (χ1) is 11.8. The van der Waals surface area contributed by atoms with Gasteiger partial charge in [0.2, 0.25) is 10.0 Å². The van der Waals surface area contributed by atoms with E-state index in [-0.39, 0.29) is 17.1 Å². The lowest BCUT2D eigenvalue weighted by molar-refractivity contribution is -0.136. The Bertz CT molecular complexity index is 834. The van der Waals surface area contributed by atoms with Crippen molar-refractivity contribution in [3.05, 3.63) is 24.3 Å². The van der Waals surface area contributed by atoms with Gasteiger partial charge in [-0.05, 0) is 24.3 Å². The Kier molecular flexibility index (Phi) is 5.51. The van der Waals surface area contributed by atoms with Crippen LogP contribution in [0.5, 0.6) is 0 Å². The Hall–Kier alpha value is -2.77. The van der Waals surface area contributed by atoms with Crippen LogP contribution in [0.2, 0.25) is 0 Å². The van der Waals surface area contributed by atoms with E-state index in [9.17, 15) is 18.0 Å². The molecule has 0 fully saturated rings. The number of nitrogens with one attached hydrogen (secondary N) is 2. The van der Waals surface area contributed by atoms with Crippen LogP contribution in [0, 0.1) is 12.3 Å². The molecule has 1 heterocycles. The first-order valence-corrected chi connectivity index (χ1v) is 8.90. The molecule has 0 unspecified atom stereocenters. The average molecular weight is 363 g/mol. The molecule has 0 aromatic heterocycles. The summed E-state index contributed by atoms with van der Waals surface area (Å²) in [7, 11) is -3.81. The van der Waals surface area contributed by atoms with Crippen molar-refractivity contribution in [2.24, 2.45) is 15.4 Å². The third-order valence-electron chi connectivity index (χ3n) is 3.51. The number of carbonyl (C=O) groups excluding carboxylic acids is 2. The minimum absolute atomic E-state index is 0.0934. The van der Waals surface area contributed by atoms with Crippen LogP contribution >= 0.6 is 0 Å². The van der Waals surface area contributed by atoms with Crippen LogP contribution in [0.3, 0.4) is 0 Å². The second-order valence-corrected chi connectivity index (χ2v) is 6.98. The summed E-state index contributed by atoms with van der Waals surface area (Å²) < 4.78 is 22.3. The minimum atomic E-state index is -3.81. The van der Waals surface area contributed by atoms with Crippen molar-refractivity contribution < 1.29 is 18.0 Å². The molecule has 4 N–H and O–H groups in total. The van der Waals surface area contributed by atoms with E-state index in [1.165, 1.54) is 24.3 Å². The molecule has 25 heavy (non-hydrogen) atoms. The van der Waals surface area contributed by atoms with Gasteiger partial charge < -0.3 is 10.6 Å². The monoisotopic (exact) mass is 363 g/mol. The first kappa shape index (κ1) is 18.6. The molecule has 132 valence electrons. The number of sulfonamides is 1. The number of carbonyl (C=O) groups is 2. The molecule has 0 radical (unpaired) electrons. The molecule has 0 aliphatic carbocycles. The fourth-order valence-corrected chi connectivity index (χ4v) is 2.56. The predicted octanol–water partition coefficient (Wildman–Crippen LogP) is 0.354. The van der Waals surface area contributed by atoms with Gasteiger partial charge in [0.15, 0.2) is 5.66 Å². The zero-order valence-corrected chi connectivity index (χ0v) is 14.0. The molecule has 0 spiro atoms. The number of anilines is 1. The van der Waals surface area contributed by atoms with Crippen LogP contribution in [-0.4, -0.2) is 32.4 Å². The van der Waals surface area contributed by atoms with E-state index in [2.05, 4.69) is 26.8 Å². The predicted molar refractivity (Wildman–Crippen MR) is 89.7 cm³/mol. The Balaban J connectivity index is 1.79. The molecule has 1 aliphatic heterocycles. The lowest BCUT2D eigenvalue weighted by Gasteiger charge is -2.10. The summed E-state index contributed by atoms with van der Waals surface area (Å²) in [5.41, 5.74) is -0.259. The van der Waals surface area contributed by atoms with E-state index in [0.29, 0.717) is 19.3 Å². The summed E-state index contributed by atoms with van der Waals surface area (Å²) in [6, 6.07) is 5.13. The summed E-state index contributed by atoms with van der Waals surface area (Å²) in [5.74, 6) is 0.819. The van der Waals surface area contributed by atoms with E-state index in [4.69, 9.17) is 11.6 Å². The van der Waals surface area contributed by atoms with E-state index in [1.54, 1.807) is 0 Å². The number of nitrogens with zero attached hydrogens (tertiary/aromatic N) is 2. The van der Waals surface area contributed by atoms with E-state index >= 15 is 0 Å². The lowest BCUT2D eigenvalue weighted by Crippen LogP contribution is -2.37. The van der Waals surface area contributed by atoms with Crippen molar-refractivity contribution >= 4 is 27.5 Å². The zero-order chi connectivity index (χ0) is 18.5. The fraction of sp³-hybridized carbons (Fsp3) is 0.333. The average Bonchev–Trinajstić information content (AvgIpc) is 3.32. The number of hydrogen-bond donors (Lipinski definition) is 3. The minimum Gasteiger partial charge on any atom is -0.348 e. The zero-order valence-electron chi connectivity index (χ0n) is 13.2. The fourth-order valence-electron chi connectivity index (χ4n) is 2.04. The second-order valence-electron chi connectivity index (χ2n) is 5.42. The van der Waals surface area contributed by atoms with Crippen LogP contribution in [0.15, 0.2) is 39.4 Å². The summed E-state index contributed by atoms with van der Waals surface area (Å²) >= 11 is 0. The quantitative estimate of drug-likeness (QED) is 0.474. The van der Waals surface area contributed by atoms with Gasteiger partial charge in [-0.2, -0.15) is 10.2 Å². The SMILES string of the molecule is C#CCCC1(CCNC(=O)C(=O)Nc2ccc(S(N)(=O)=O)cc2)N=N1. The molecule has 2 amide bonds. The summed E-state index contributed by atoms with van der Waals surface area (Å²) in [6.07, 6.45) is 6.81. The first-order valence-electron chi connectivity index (χ1n) is 7.35. The van der Waals surface area contributed by atoms with Crippen LogP contribution in [0.4, 0.5) is 5.69 Å². The number of hydrogen-bond acceptors (Lipinski definition) is 6. The van der Waals surface area contributed by atoms with Gasteiger partial charge in [-0.15, -0.1) is 12.3 Å². The van der Waals surface area contributed by atoms with Gasteiger partial charge in [-0.1, -0.05) is 0 Å².